The Labute approximate surface area is 110 Å². The van der Waals surface area contributed by atoms with E-state index in [9.17, 15) is 13.2 Å². The molecule has 5 heteroatoms. The maximum Gasteiger partial charge on any atom is 0.416 e. The second-order valence-electron chi connectivity index (χ2n) is 4.30. The lowest BCUT2D eigenvalue weighted by molar-refractivity contribution is -0.137. The summed E-state index contributed by atoms with van der Waals surface area (Å²) in [5, 5.41) is 3.68. The van der Waals surface area contributed by atoms with Gasteiger partial charge in [0.05, 0.1) is 5.56 Å². The third-order valence-corrected chi connectivity index (χ3v) is 3.80. The smallest absolute Gasteiger partial charge is 0.309 e. The topological polar surface area (TPSA) is 12.0 Å². The van der Waals surface area contributed by atoms with Gasteiger partial charge in [0.25, 0.3) is 0 Å². The first-order chi connectivity index (χ1) is 8.34. The van der Waals surface area contributed by atoms with E-state index in [0.717, 1.165) is 12.6 Å². The molecule has 18 heavy (non-hydrogen) atoms. The fourth-order valence-corrected chi connectivity index (χ4v) is 1.79. The lowest BCUT2D eigenvalue weighted by Crippen LogP contribution is -2.25. The van der Waals surface area contributed by atoms with E-state index in [4.69, 9.17) is 0 Å². The Morgan fingerprint density at radius 1 is 1.28 bits per heavy atom. The quantitative estimate of drug-likeness (QED) is 0.869. The van der Waals surface area contributed by atoms with E-state index in [0.29, 0.717) is 10.8 Å². The van der Waals surface area contributed by atoms with E-state index in [2.05, 4.69) is 12.2 Å². The third kappa shape index (κ3) is 4.53. The van der Waals surface area contributed by atoms with Crippen molar-refractivity contribution in [2.24, 2.45) is 0 Å². The van der Waals surface area contributed by atoms with Crippen LogP contribution in [0.3, 0.4) is 0 Å². The molecule has 0 saturated heterocycles. The van der Waals surface area contributed by atoms with Crippen molar-refractivity contribution in [3.63, 3.8) is 0 Å². The summed E-state index contributed by atoms with van der Waals surface area (Å²) >= 11 is 1.73. The van der Waals surface area contributed by atoms with Gasteiger partial charge in [-0.2, -0.15) is 24.9 Å². The van der Waals surface area contributed by atoms with Gasteiger partial charge in [-0.3, -0.25) is 0 Å². The van der Waals surface area contributed by atoms with Crippen LogP contribution in [-0.4, -0.2) is 18.1 Å². The molecule has 2 unspecified atom stereocenters. The zero-order chi connectivity index (χ0) is 13.8. The molecule has 0 aliphatic carbocycles. The molecule has 0 heterocycles. The molecule has 1 rings (SSSR count). The highest BCUT2D eigenvalue weighted by molar-refractivity contribution is 7.99. The predicted molar refractivity (Wildman–Crippen MR) is 70.8 cm³/mol. The SMILES string of the molecule is CSC(C)CNC(C)c1cccc(C(F)(F)F)c1. The van der Waals surface area contributed by atoms with Crippen molar-refractivity contribution < 1.29 is 13.2 Å². The van der Waals surface area contributed by atoms with Crippen molar-refractivity contribution in [3.05, 3.63) is 35.4 Å². The van der Waals surface area contributed by atoms with Crippen molar-refractivity contribution in [3.8, 4) is 0 Å². The van der Waals surface area contributed by atoms with Gasteiger partial charge < -0.3 is 5.32 Å². The molecular formula is C13H18F3NS. The minimum atomic E-state index is -4.28. The van der Waals surface area contributed by atoms with Crippen LogP contribution in [0.4, 0.5) is 13.2 Å². The molecule has 0 fully saturated rings. The Bertz CT molecular complexity index is 379. The maximum absolute atomic E-state index is 12.6. The number of nitrogens with one attached hydrogen (secondary N) is 1. The van der Waals surface area contributed by atoms with Crippen LogP contribution in [0.2, 0.25) is 0 Å². The van der Waals surface area contributed by atoms with Crippen LogP contribution in [0.15, 0.2) is 24.3 Å². The summed E-state index contributed by atoms with van der Waals surface area (Å²) in [7, 11) is 0. The number of alkyl halides is 3. The molecule has 0 bridgehead atoms. The summed E-state index contributed by atoms with van der Waals surface area (Å²) in [5.41, 5.74) is 0.0738. The lowest BCUT2D eigenvalue weighted by Gasteiger charge is -2.18. The molecule has 1 aromatic carbocycles. The number of halogens is 3. The van der Waals surface area contributed by atoms with Gasteiger partial charge in [0, 0.05) is 17.8 Å². The maximum atomic E-state index is 12.6. The first-order valence-corrected chi connectivity index (χ1v) is 7.06. The van der Waals surface area contributed by atoms with Crippen LogP contribution in [0.1, 0.15) is 31.0 Å². The molecule has 102 valence electrons. The minimum absolute atomic E-state index is 0.0816. The Morgan fingerprint density at radius 2 is 1.94 bits per heavy atom. The van der Waals surface area contributed by atoms with E-state index in [1.54, 1.807) is 17.8 Å². The van der Waals surface area contributed by atoms with Crippen molar-refractivity contribution in [2.45, 2.75) is 31.3 Å². The van der Waals surface area contributed by atoms with Gasteiger partial charge in [-0.05, 0) is 30.9 Å². The van der Waals surface area contributed by atoms with Crippen LogP contribution < -0.4 is 5.32 Å². The Hall–Kier alpha value is -0.680. The minimum Gasteiger partial charge on any atom is -0.309 e. The second kappa shape index (κ2) is 6.48. The zero-order valence-corrected chi connectivity index (χ0v) is 11.5. The van der Waals surface area contributed by atoms with Gasteiger partial charge in [-0.15, -0.1) is 0 Å². The van der Waals surface area contributed by atoms with E-state index >= 15 is 0 Å². The summed E-state index contributed by atoms with van der Waals surface area (Å²) in [4.78, 5) is 0. The average molecular weight is 277 g/mol. The van der Waals surface area contributed by atoms with Gasteiger partial charge in [0.1, 0.15) is 0 Å². The Kier molecular flexibility index (Phi) is 5.53. The first kappa shape index (κ1) is 15.4. The molecule has 0 spiro atoms. The molecule has 1 nitrogen and oxygen atoms in total. The number of thioether (sulfide) groups is 1. The number of hydrogen-bond donors (Lipinski definition) is 1. The van der Waals surface area contributed by atoms with Crippen LogP contribution in [0.25, 0.3) is 0 Å². The normalized spacial score (nSPS) is 15.4. The average Bonchev–Trinajstić information content (AvgIpc) is 2.34. The standard InChI is InChI=1S/C13H18F3NS/c1-9(18-3)8-17-10(2)11-5-4-6-12(7-11)13(14,15)16/h4-7,9-10,17H,8H2,1-3H3. The Balaban J connectivity index is 2.71. The summed E-state index contributed by atoms with van der Waals surface area (Å²) in [5.74, 6) is 0. The largest absolute Gasteiger partial charge is 0.416 e. The molecule has 1 aromatic rings. The van der Waals surface area contributed by atoms with Crippen LogP contribution >= 0.6 is 11.8 Å². The van der Waals surface area contributed by atoms with Crippen molar-refractivity contribution in [1.82, 2.24) is 5.32 Å². The fourth-order valence-electron chi connectivity index (χ4n) is 1.53. The van der Waals surface area contributed by atoms with Gasteiger partial charge in [-0.1, -0.05) is 19.1 Å². The second-order valence-corrected chi connectivity index (χ2v) is 5.58. The molecule has 2 atom stereocenters. The van der Waals surface area contributed by atoms with Crippen molar-refractivity contribution >= 4 is 11.8 Å². The summed E-state index contributed by atoms with van der Waals surface area (Å²) < 4.78 is 37.7. The van der Waals surface area contributed by atoms with E-state index in [1.807, 2.05) is 13.2 Å². The summed E-state index contributed by atoms with van der Waals surface area (Å²) in [6.45, 7) is 4.73. The predicted octanol–water partition coefficient (Wildman–Crippen LogP) is 4.11. The third-order valence-electron chi connectivity index (χ3n) is 2.83. The van der Waals surface area contributed by atoms with Crippen molar-refractivity contribution in [2.75, 3.05) is 12.8 Å². The highest BCUT2D eigenvalue weighted by Crippen LogP contribution is 2.30. The number of hydrogen-bond acceptors (Lipinski definition) is 2. The van der Waals surface area contributed by atoms with Crippen LogP contribution in [-0.2, 0) is 6.18 Å². The van der Waals surface area contributed by atoms with Gasteiger partial charge in [0.2, 0.25) is 0 Å². The van der Waals surface area contributed by atoms with Crippen LogP contribution in [0.5, 0.6) is 0 Å². The molecule has 0 radical (unpaired) electrons. The summed E-state index contributed by atoms with van der Waals surface area (Å²) in [6, 6.07) is 5.40. The molecule has 0 aromatic heterocycles. The molecule has 1 N–H and O–H groups in total. The molecular weight excluding hydrogens is 259 g/mol. The number of benzene rings is 1. The van der Waals surface area contributed by atoms with Gasteiger partial charge >= 0.3 is 6.18 Å². The van der Waals surface area contributed by atoms with E-state index in [1.165, 1.54) is 12.1 Å². The molecule has 0 saturated carbocycles. The fraction of sp³-hybridized carbons (Fsp3) is 0.538. The van der Waals surface area contributed by atoms with Crippen molar-refractivity contribution in [1.29, 1.82) is 0 Å². The monoisotopic (exact) mass is 277 g/mol. The molecule has 0 aliphatic heterocycles. The zero-order valence-electron chi connectivity index (χ0n) is 10.7. The highest BCUT2D eigenvalue weighted by Gasteiger charge is 2.30. The summed E-state index contributed by atoms with van der Waals surface area (Å²) in [6.07, 6.45) is -2.26. The molecule has 0 amide bonds. The van der Waals surface area contributed by atoms with Gasteiger partial charge in [0.15, 0.2) is 0 Å². The highest BCUT2D eigenvalue weighted by atomic mass is 32.2. The number of rotatable bonds is 5. The van der Waals surface area contributed by atoms with E-state index in [-0.39, 0.29) is 6.04 Å². The van der Waals surface area contributed by atoms with E-state index < -0.39 is 11.7 Å². The van der Waals surface area contributed by atoms with Gasteiger partial charge in [-0.25, -0.2) is 0 Å². The first-order valence-electron chi connectivity index (χ1n) is 5.78. The van der Waals surface area contributed by atoms with Crippen LogP contribution in [0, 0.1) is 0 Å². The molecule has 0 aliphatic rings. The Morgan fingerprint density at radius 3 is 2.50 bits per heavy atom. The lowest BCUT2D eigenvalue weighted by atomic mass is 10.0.